The van der Waals surface area contributed by atoms with E-state index in [1.54, 1.807) is 6.07 Å². The van der Waals surface area contributed by atoms with Crippen molar-refractivity contribution in [1.29, 1.82) is 0 Å². The molecule has 5 aromatic carbocycles. The van der Waals surface area contributed by atoms with Crippen molar-refractivity contribution in [3.63, 3.8) is 0 Å². The second kappa shape index (κ2) is 5.42. The monoisotopic (exact) mass is 322 g/mol. The first kappa shape index (κ1) is 14.2. The molecule has 25 heavy (non-hydrogen) atoms. The zero-order chi connectivity index (χ0) is 16.8. The Morgan fingerprint density at radius 1 is 0.480 bits per heavy atom. The Morgan fingerprint density at radius 3 is 2.00 bits per heavy atom. The molecule has 0 fully saturated rings. The molecule has 0 heterocycles. The van der Waals surface area contributed by atoms with Gasteiger partial charge in [-0.1, -0.05) is 78.9 Å². The molecule has 0 aliphatic heterocycles. The van der Waals surface area contributed by atoms with E-state index in [4.69, 9.17) is 0 Å². The van der Waals surface area contributed by atoms with Crippen molar-refractivity contribution in [3.05, 3.63) is 96.8 Å². The number of hydrogen-bond acceptors (Lipinski definition) is 0. The van der Waals surface area contributed by atoms with Crippen LogP contribution < -0.4 is 0 Å². The lowest BCUT2D eigenvalue weighted by molar-refractivity contribution is 0.631. The third-order valence-electron chi connectivity index (χ3n) is 4.91. The van der Waals surface area contributed by atoms with Crippen LogP contribution in [0.5, 0.6) is 0 Å². The molecular weight excluding hydrogens is 307 g/mol. The second-order valence-corrected chi connectivity index (χ2v) is 6.33. The van der Waals surface area contributed by atoms with Crippen LogP contribution in [-0.4, -0.2) is 0 Å². The molecule has 0 aromatic heterocycles. The number of fused-ring (bicyclic) bond motifs is 4. The molecule has 0 aliphatic carbocycles. The van der Waals surface area contributed by atoms with Crippen LogP contribution in [0.3, 0.4) is 0 Å². The molecule has 0 nitrogen and oxygen atoms in total. The summed E-state index contributed by atoms with van der Waals surface area (Å²) in [7, 11) is 0. The van der Waals surface area contributed by atoms with Crippen LogP contribution in [0.25, 0.3) is 43.4 Å². The van der Waals surface area contributed by atoms with Crippen molar-refractivity contribution in [2.45, 2.75) is 0 Å². The summed E-state index contributed by atoms with van der Waals surface area (Å²) in [5.74, 6) is -0.187. The predicted octanol–water partition coefficient (Wildman–Crippen LogP) is 6.95. The summed E-state index contributed by atoms with van der Waals surface area (Å²) in [5.41, 5.74) is 1.62. The highest BCUT2D eigenvalue weighted by atomic mass is 19.1. The lowest BCUT2D eigenvalue weighted by atomic mass is 9.90. The van der Waals surface area contributed by atoms with Gasteiger partial charge in [0, 0.05) is 11.1 Å². The molecule has 0 bridgehead atoms. The van der Waals surface area contributed by atoms with Gasteiger partial charge in [0.2, 0.25) is 0 Å². The van der Waals surface area contributed by atoms with E-state index in [1.165, 1.54) is 16.8 Å². The van der Waals surface area contributed by atoms with E-state index in [2.05, 4.69) is 48.5 Å². The van der Waals surface area contributed by atoms with E-state index in [0.717, 1.165) is 27.1 Å². The maximum absolute atomic E-state index is 14.6. The van der Waals surface area contributed by atoms with Gasteiger partial charge in [0.15, 0.2) is 0 Å². The Hall–Kier alpha value is -3.19. The first-order valence-electron chi connectivity index (χ1n) is 8.41. The standard InChI is InChI=1S/C24H15F/c25-23-12-6-5-11-21(23)24-19-10-4-2-8-17(19)15-22-18-9-3-1-7-16(18)13-14-20(22)24/h1-15H. The summed E-state index contributed by atoms with van der Waals surface area (Å²) in [6.07, 6.45) is 0. The summed E-state index contributed by atoms with van der Waals surface area (Å²) in [6, 6.07) is 30.1. The Kier molecular flexibility index (Phi) is 3.07. The maximum Gasteiger partial charge on any atom is 0.131 e. The zero-order valence-corrected chi connectivity index (χ0v) is 13.5. The number of hydrogen-bond donors (Lipinski definition) is 0. The van der Waals surface area contributed by atoms with Crippen molar-refractivity contribution < 1.29 is 4.39 Å². The fraction of sp³-hybridized carbons (Fsp3) is 0. The van der Waals surface area contributed by atoms with Gasteiger partial charge < -0.3 is 0 Å². The smallest absolute Gasteiger partial charge is 0.131 e. The van der Waals surface area contributed by atoms with Crippen molar-refractivity contribution in [2.24, 2.45) is 0 Å². The van der Waals surface area contributed by atoms with E-state index in [1.807, 2.05) is 30.3 Å². The minimum absolute atomic E-state index is 0.187. The van der Waals surface area contributed by atoms with Crippen molar-refractivity contribution in [2.75, 3.05) is 0 Å². The average Bonchev–Trinajstić information content (AvgIpc) is 2.67. The summed E-state index contributed by atoms with van der Waals surface area (Å²) in [4.78, 5) is 0. The molecule has 0 N–H and O–H groups in total. The van der Waals surface area contributed by atoms with E-state index in [-0.39, 0.29) is 5.82 Å². The van der Waals surface area contributed by atoms with Crippen molar-refractivity contribution in [3.8, 4) is 11.1 Å². The van der Waals surface area contributed by atoms with Crippen LogP contribution in [0.4, 0.5) is 4.39 Å². The SMILES string of the molecule is Fc1ccccc1-c1c2ccccc2cc2c1ccc1ccccc12. The van der Waals surface area contributed by atoms with Gasteiger partial charge in [-0.2, -0.15) is 0 Å². The topological polar surface area (TPSA) is 0 Å². The van der Waals surface area contributed by atoms with Crippen LogP contribution >= 0.6 is 0 Å². The third kappa shape index (κ3) is 2.13. The molecule has 0 unspecified atom stereocenters. The van der Waals surface area contributed by atoms with E-state index >= 15 is 0 Å². The maximum atomic E-state index is 14.6. The minimum atomic E-state index is -0.187. The highest BCUT2D eigenvalue weighted by molar-refractivity contribution is 6.20. The second-order valence-electron chi connectivity index (χ2n) is 6.33. The number of benzene rings is 5. The van der Waals surface area contributed by atoms with Gasteiger partial charge in [0.05, 0.1) is 0 Å². The van der Waals surface area contributed by atoms with Crippen molar-refractivity contribution >= 4 is 32.3 Å². The lowest BCUT2D eigenvalue weighted by Crippen LogP contribution is -1.89. The zero-order valence-electron chi connectivity index (χ0n) is 13.5. The van der Waals surface area contributed by atoms with Crippen LogP contribution in [-0.2, 0) is 0 Å². The van der Waals surface area contributed by atoms with Crippen LogP contribution in [0, 0.1) is 5.82 Å². The van der Waals surface area contributed by atoms with E-state index in [0.29, 0.717) is 5.56 Å². The van der Waals surface area contributed by atoms with Gasteiger partial charge in [-0.05, 0) is 44.5 Å². The van der Waals surface area contributed by atoms with Crippen LogP contribution in [0.2, 0.25) is 0 Å². The average molecular weight is 322 g/mol. The predicted molar refractivity (Wildman–Crippen MR) is 104 cm³/mol. The largest absolute Gasteiger partial charge is 0.206 e. The molecule has 5 aromatic rings. The molecule has 0 spiro atoms. The molecule has 0 saturated carbocycles. The van der Waals surface area contributed by atoms with Gasteiger partial charge in [0.1, 0.15) is 5.82 Å². The van der Waals surface area contributed by atoms with Gasteiger partial charge in [-0.25, -0.2) is 4.39 Å². The first-order valence-corrected chi connectivity index (χ1v) is 8.41. The normalized spacial score (nSPS) is 11.4. The molecule has 0 aliphatic rings. The minimum Gasteiger partial charge on any atom is -0.206 e. The molecule has 0 atom stereocenters. The Bertz CT molecular complexity index is 1250. The first-order chi connectivity index (χ1) is 12.3. The Labute approximate surface area is 145 Å². The third-order valence-corrected chi connectivity index (χ3v) is 4.91. The van der Waals surface area contributed by atoms with Gasteiger partial charge in [-0.15, -0.1) is 0 Å². The van der Waals surface area contributed by atoms with Crippen LogP contribution in [0.15, 0.2) is 91.0 Å². The highest BCUT2D eigenvalue weighted by Gasteiger charge is 2.14. The fourth-order valence-corrected chi connectivity index (χ4v) is 3.77. The van der Waals surface area contributed by atoms with Gasteiger partial charge in [0.25, 0.3) is 0 Å². The Balaban J connectivity index is 2.06. The van der Waals surface area contributed by atoms with Crippen molar-refractivity contribution in [1.82, 2.24) is 0 Å². The summed E-state index contributed by atoms with van der Waals surface area (Å²) in [6.45, 7) is 0. The quantitative estimate of drug-likeness (QED) is 0.231. The lowest BCUT2D eigenvalue weighted by Gasteiger charge is -2.14. The summed E-state index contributed by atoms with van der Waals surface area (Å²) in [5, 5.41) is 6.85. The van der Waals surface area contributed by atoms with E-state index < -0.39 is 0 Å². The fourth-order valence-electron chi connectivity index (χ4n) is 3.77. The molecule has 5 rings (SSSR count). The molecule has 118 valence electrons. The summed E-state index contributed by atoms with van der Waals surface area (Å²) >= 11 is 0. The van der Waals surface area contributed by atoms with Crippen LogP contribution in [0.1, 0.15) is 0 Å². The number of halogens is 1. The molecule has 0 amide bonds. The van der Waals surface area contributed by atoms with E-state index in [9.17, 15) is 4.39 Å². The van der Waals surface area contributed by atoms with Gasteiger partial charge >= 0.3 is 0 Å². The number of rotatable bonds is 1. The Morgan fingerprint density at radius 2 is 1.16 bits per heavy atom. The molecule has 0 radical (unpaired) electrons. The molecule has 0 saturated heterocycles. The molecule has 1 heteroatoms. The molecular formula is C24H15F. The highest BCUT2D eigenvalue weighted by Crippen LogP contribution is 2.39. The summed E-state index contributed by atoms with van der Waals surface area (Å²) < 4.78 is 14.6. The van der Waals surface area contributed by atoms with Gasteiger partial charge in [-0.3, -0.25) is 0 Å².